The molecule has 0 spiro atoms. The van der Waals surface area contributed by atoms with Crippen molar-refractivity contribution in [1.82, 2.24) is 30.6 Å². The maximum absolute atomic E-state index is 15.0. The van der Waals surface area contributed by atoms with Crippen molar-refractivity contribution in [2.75, 3.05) is 16.8 Å². The number of H-pyrrole nitrogens is 1. The Morgan fingerprint density at radius 3 is 1.94 bits per heavy atom. The van der Waals surface area contributed by atoms with Crippen molar-refractivity contribution in [3.8, 4) is 0 Å². The van der Waals surface area contributed by atoms with Crippen molar-refractivity contribution >= 4 is 80.9 Å². The molecule has 0 aliphatic carbocycles. The van der Waals surface area contributed by atoms with Crippen LogP contribution in [0.3, 0.4) is 0 Å². The van der Waals surface area contributed by atoms with Crippen LogP contribution in [0.1, 0.15) is 60.4 Å². The minimum Gasteiger partial charge on any atom is -0.469 e. The Hall–Kier alpha value is -7.12. The van der Waals surface area contributed by atoms with Crippen LogP contribution >= 0.6 is 47.1 Å². The lowest BCUT2D eigenvalue weighted by atomic mass is 9.80. The Bertz CT molecular complexity index is 2870. The number of benzene rings is 5. The standard InChI is InChI=1S/C52H46N8O6S4/c1-51(2,3)65-50(63)56-49-54-39(32-70-49)41(58-66-52(36-23-13-6-14-24-36,37-25-15-7-16-26-37)38-27-17-8-18-28-38)45(61)55-42-46(62)60-43(35(31-69-47(42)60)30-68-40-29-53-59-57-40)48(67)64-44(33-19-9-4-10-20-33)34-21-11-5-12-22-34/h4-29,32,42,44,47H,30-31H2,1-3H3,(H,55,61)(H,53,57,59)(H,54,56,63)/b58-41-/t42-,47-/m1/s1. The normalized spacial score (nSPS) is 16.0. The van der Waals surface area contributed by atoms with Crippen molar-refractivity contribution in [2.45, 2.75) is 54.5 Å². The molecule has 18 heteroatoms. The van der Waals surface area contributed by atoms with Gasteiger partial charge >= 0.3 is 6.09 Å². The lowest BCUT2D eigenvalue weighted by molar-refractivity contribution is -0.144. The van der Waals surface area contributed by atoms with Crippen molar-refractivity contribution in [3.63, 3.8) is 0 Å². The fourth-order valence-electron chi connectivity index (χ4n) is 7.99. The summed E-state index contributed by atoms with van der Waals surface area (Å²) in [5.74, 6) is -0.225. The first-order valence-corrected chi connectivity index (χ1v) is 25.5. The molecular weight excluding hydrogens is 961 g/mol. The smallest absolute Gasteiger partial charge is 0.413 e. The molecule has 70 heavy (non-hydrogen) atoms. The molecule has 2 aromatic heterocycles. The summed E-state index contributed by atoms with van der Waals surface area (Å²) in [5.41, 5.74) is 3.03. The van der Waals surface area contributed by atoms with E-state index in [-0.39, 0.29) is 21.6 Å². The van der Waals surface area contributed by atoms with Crippen LogP contribution < -0.4 is 10.6 Å². The SMILES string of the molecule is CC(C)(C)OC(=O)Nc1nc(/C(=N/OC(c2ccccc2)(c2ccccc2)c2ccccc2)C(=O)N[C@@H]2C(=O)N3C(C(=S)OC(c4ccccc4)c4ccccc4)=C(CSc4cn[nH]n4)CS[C@H]23)cs1. The van der Waals surface area contributed by atoms with Crippen LogP contribution in [0.2, 0.25) is 0 Å². The number of hydrogen-bond donors (Lipinski definition) is 3. The van der Waals surface area contributed by atoms with Gasteiger partial charge < -0.3 is 19.6 Å². The maximum atomic E-state index is 15.0. The number of thiocarbonyl (C=S) groups is 1. The maximum Gasteiger partial charge on any atom is 0.413 e. The lowest BCUT2D eigenvalue weighted by Gasteiger charge is -2.50. The number of hydrogen-bond acceptors (Lipinski definition) is 14. The van der Waals surface area contributed by atoms with Crippen molar-refractivity contribution in [3.05, 3.63) is 208 Å². The van der Waals surface area contributed by atoms with Gasteiger partial charge in [0.05, 0.1) is 11.9 Å². The van der Waals surface area contributed by atoms with Crippen LogP contribution in [0.5, 0.6) is 0 Å². The Kier molecular flexibility index (Phi) is 14.6. The number of aromatic nitrogens is 4. The summed E-state index contributed by atoms with van der Waals surface area (Å²) >= 11 is 10.2. The summed E-state index contributed by atoms with van der Waals surface area (Å²) in [5, 5.41) is 23.1. The van der Waals surface area contributed by atoms with Gasteiger partial charge in [0.1, 0.15) is 33.8 Å². The Labute approximate surface area is 422 Å². The van der Waals surface area contributed by atoms with Gasteiger partial charge in [-0.25, -0.2) is 9.78 Å². The molecule has 0 saturated carbocycles. The fourth-order valence-corrected chi connectivity index (χ4v) is 11.3. The van der Waals surface area contributed by atoms with Gasteiger partial charge in [0, 0.05) is 33.6 Å². The zero-order valence-corrected chi connectivity index (χ0v) is 41.3. The monoisotopic (exact) mass is 1010 g/mol. The number of carbonyl (C=O) groups is 3. The number of oxime groups is 1. The van der Waals surface area contributed by atoms with Crippen molar-refractivity contribution < 1.29 is 28.7 Å². The molecule has 0 unspecified atom stereocenters. The largest absolute Gasteiger partial charge is 0.469 e. The first-order chi connectivity index (χ1) is 34.0. The van der Waals surface area contributed by atoms with E-state index >= 15 is 0 Å². The van der Waals surface area contributed by atoms with Crippen molar-refractivity contribution in [1.29, 1.82) is 0 Å². The molecule has 2 atom stereocenters. The molecule has 0 bridgehead atoms. The van der Waals surface area contributed by atoms with Gasteiger partial charge in [-0.05, 0) is 49.7 Å². The highest BCUT2D eigenvalue weighted by molar-refractivity contribution is 8.01. The molecule has 9 rings (SSSR count). The fraction of sp³-hybridized carbons (Fsp3) is 0.192. The average Bonchev–Trinajstić information content (AvgIpc) is 4.09. The number of carbonyl (C=O) groups excluding carboxylic acids is 3. The number of fused-ring (bicyclic) bond motifs is 1. The first-order valence-electron chi connectivity index (χ1n) is 22.1. The first kappa shape index (κ1) is 47.9. The van der Waals surface area contributed by atoms with Gasteiger partial charge in [-0.1, -0.05) is 169 Å². The Morgan fingerprint density at radius 2 is 1.41 bits per heavy atom. The van der Waals surface area contributed by atoms with E-state index in [2.05, 4.69) is 36.2 Å². The van der Waals surface area contributed by atoms with Gasteiger partial charge in [0.15, 0.2) is 10.8 Å². The summed E-state index contributed by atoms with van der Waals surface area (Å²) in [4.78, 5) is 55.5. The molecule has 5 aromatic carbocycles. The zero-order chi connectivity index (χ0) is 48.7. The second-order valence-electron chi connectivity index (χ2n) is 17.0. The zero-order valence-electron chi connectivity index (χ0n) is 38.1. The van der Waals surface area contributed by atoms with Gasteiger partial charge in [-0.15, -0.1) is 28.2 Å². The highest BCUT2D eigenvalue weighted by atomic mass is 32.2. The van der Waals surface area contributed by atoms with E-state index in [4.69, 9.17) is 26.5 Å². The highest BCUT2D eigenvalue weighted by Crippen LogP contribution is 2.44. The Balaban J connectivity index is 1.06. The molecule has 1 saturated heterocycles. The number of amides is 3. The van der Waals surface area contributed by atoms with Gasteiger partial charge in [0.2, 0.25) is 10.7 Å². The number of anilines is 1. The predicted octanol–water partition coefficient (Wildman–Crippen LogP) is 9.90. The van der Waals surface area contributed by atoms with E-state index in [0.29, 0.717) is 22.2 Å². The summed E-state index contributed by atoms with van der Waals surface area (Å²) < 4.78 is 12.2. The second-order valence-corrected chi connectivity index (χ2v) is 20.3. The number of rotatable bonds is 16. The Morgan fingerprint density at radius 1 is 0.857 bits per heavy atom. The predicted molar refractivity (Wildman–Crippen MR) is 276 cm³/mol. The third-order valence-electron chi connectivity index (χ3n) is 11.1. The van der Waals surface area contributed by atoms with E-state index in [9.17, 15) is 14.4 Å². The van der Waals surface area contributed by atoms with E-state index in [1.807, 2.05) is 152 Å². The molecule has 4 heterocycles. The summed E-state index contributed by atoms with van der Waals surface area (Å²) in [6, 6.07) is 47.3. The molecule has 2 aliphatic heterocycles. The number of aromatic amines is 1. The summed E-state index contributed by atoms with van der Waals surface area (Å²) in [6.07, 6.45) is 0.334. The number of thioether (sulfide) groups is 2. The van der Waals surface area contributed by atoms with E-state index < -0.39 is 46.6 Å². The molecule has 354 valence electrons. The minimum atomic E-state index is -1.36. The average molecular weight is 1010 g/mol. The van der Waals surface area contributed by atoms with Gasteiger partial charge in [0.25, 0.3) is 11.8 Å². The lowest BCUT2D eigenvalue weighted by Crippen LogP contribution is -2.71. The number of ether oxygens (including phenoxy) is 2. The summed E-state index contributed by atoms with van der Waals surface area (Å²) in [7, 11) is 0. The van der Waals surface area contributed by atoms with Crippen LogP contribution in [0.25, 0.3) is 0 Å². The van der Waals surface area contributed by atoms with E-state index in [1.54, 1.807) is 37.2 Å². The van der Waals surface area contributed by atoms with Crippen LogP contribution in [0.15, 0.2) is 185 Å². The van der Waals surface area contributed by atoms with Crippen LogP contribution in [-0.2, 0) is 29.5 Å². The molecular formula is C52H46N8O6S4. The second kappa shape index (κ2) is 21.3. The molecule has 2 aliphatic rings. The number of thiazole rings is 1. The summed E-state index contributed by atoms with van der Waals surface area (Å²) in [6.45, 7) is 5.26. The van der Waals surface area contributed by atoms with Crippen LogP contribution in [-0.4, -0.2) is 82.5 Å². The topological polar surface area (TPSA) is 173 Å². The molecule has 14 nitrogen and oxygen atoms in total. The van der Waals surface area contributed by atoms with Gasteiger partial charge in [-0.3, -0.25) is 19.8 Å². The van der Waals surface area contributed by atoms with Crippen molar-refractivity contribution in [2.24, 2.45) is 5.16 Å². The van der Waals surface area contributed by atoms with Crippen LogP contribution in [0.4, 0.5) is 9.93 Å². The molecule has 1 fully saturated rings. The van der Waals surface area contributed by atoms with Gasteiger partial charge in [-0.2, -0.15) is 10.3 Å². The number of β-lactam (4-membered cyclic amide) rings is 1. The quantitative estimate of drug-likeness (QED) is 0.0209. The molecule has 3 N–H and O–H groups in total. The van der Waals surface area contributed by atoms with E-state index in [1.165, 1.54) is 23.5 Å². The minimum absolute atomic E-state index is 0.0896. The number of nitrogens with one attached hydrogen (secondary N) is 3. The molecule has 3 amide bonds. The van der Waals surface area contributed by atoms with Crippen LogP contribution in [0, 0.1) is 0 Å². The van der Waals surface area contributed by atoms with E-state index in [0.717, 1.165) is 44.7 Å². The third kappa shape index (κ3) is 10.5. The molecule has 0 radical (unpaired) electrons. The third-order valence-corrected chi connectivity index (χ3v) is 14.5. The molecule has 7 aromatic rings. The highest BCUT2D eigenvalue weighted by Gasteiger charge is 2.54. The number of nitrogens with zero attached hydrogens (tertiary/aromatic N) is 5.